The van der Waals surface area contributed by atoms with Gasteiger partial charge in [-0.1, -0.05) is 262 Å². The Hall–Kier alpha value is -2.29. The highest BCUT2D eigenvalue weighted by atomic mass is 31.2. The van der Waals surface area contributed by atoms with Crippen molar-refractivity contribution in [2.75, 3.05) is 40.9 Å². The Labute approximate surface area is 483 Å². The van der Waals surface area contributed by atoms with Gasteiger partial charge in [0.25, 0.3) is 0 Å². The molecule has 0 radical (unpaired) electrons. The number of hydrogen-bond donors (Lipinski definition) is 2. The van der Waals surface area contributed by atoms with Crippen LogP contribution < -0.4 is 5.32 Å². The molecule has 78 heavy (non-hydrogen) atoms. The number of likely N-dealkylation sites (N-methyl/N-ethyl adjacent to an activating group) is 1. The number of nitrogens with one attached hydrogen (secondary N) is 1. The third kappa shape index (κ3) is 58.4. The molecule has 3 atom stereocenters. The lowest BCUT2D eigenvalue weighted by molar-refractivity contribution is -0.870. The van der Waals surface area contributed by atoms with Crippen LogP contribution in [0.5, 0.6) is 0 Å². The van der Waals surface area contributed by atoms with Crippen LogP contribution in [0.15, 0.2) is 60.8 Å². The Morgan fingerprint density at radius 2 is 0.782 bits per heavy atom. The van der Waals surface area contributed by atoms with Gasteiger partial charge < -0.3 is 19.4 Å². The fourth-order valence-corrected chi connectivity index (χ4v) is 10.3. The monoisotopic (exact) mass is 1120 g/mol. The van der Waals surface area contributed by atoms with Crippen molar-refractivity contribution < 1.29 is 37.3 Å². The number of ether oxygens (including phenoxy) is 1. The molecule has 0 aliphatic heterocycles. The van der Waals surface area contributed by atoms with Gasteiger partial charge >= 0.3 is 13.8 Å². The SMILES string of the molecule is CCCCC/C=C\C/C=C\C/C=C\CCCCCCCCCCC(=O)OC(/C=C/CCCCCCCCCCCC)C(COP(=O)(O)OCC[N+](C)(C)C)NC(=O)CCCCCCCCCCC/C=C/CCCCCCCC. The topological polar surface area (TPSA) is 111 Å². The molecule has 1 amide bonds. The Morgan fingerprint density at radius 3 is 1.21 bits per heavy atom. The summed E-state index contributed by atoms with van der Waals surface area (Å²) in [5.41, 5.74) is 0. The minimum Gasteiger partial charge on any atom is -0.456 e. The van der Waals surface area contributed by atoms with Gasteiger partial charge in [-0.25, -0.2) is 4.57 Å². The molecule has 0 aromatic rings. The zero-order valence-electron chi connectivity index (χ0n) is 52.2. The van der Waals surface area contributed by atoms with Crippen molar-refractivity contribution in [3.63, 3.8) is 0 Å². The lowest BCUT2D eigenvalue weighted by Gasteiger charge is -2.27. The molecule has 0 aliphatic rings. The maximum absolute atomic E-state index is 13.6. The second kappa shape index (κ2) is 57.9. The van der Waals surface area contributed by atoms with Crippen LogP contribution in [0.3, 0.4) is 0 Å². The van der Waals surface area contributed by atoms with Gasteiger partial charge in [0, 0.05) is 12.8 Å². The summed E-state index contributed by atoms with van der Waals surface area (Å²) < 4.78 is 30.8. The maximum Gasteiger partial charge on any atom is 0.472 e. The highest BCUT2D eigenvalue weighted by molar-refractivity contribution is 7.47. The number of phosphoric acid groups is 1. The number of amides is 1. The molecular formula is C68H128N2O7P+. The van der Waals surface area contributed by atoms with Gasteiger partial charge in [0.15, 0.2) is 0 Å². The molecule has 9 nitrogen and oxygen atoms in total. The molecule has 0 heterocycles. The number of esters is 1. The lowest BCUT2D eigenvalue weighted by Crippen LogP contribution is -2.47. The van der Waals surface area contributed by atoms with E-state index in [0.29, 0.717) is 17.4 Å². The van der Waals surface area contributed by atoms with Gasteiger partial charge in [0.2, 0.25) is 5.91 Å². The summed E-state index contributed by atoms with van der Waals surface area (Å²) in [5, 5.41) is 3.06. The van der Waals surface area contributed by atoms with E-state index in [2.05, 4.69) is 74.7 Å². The van der Waals surface area contributed by atoms with Crippen molar-refractivity contribution in [3.05, 3.63) is 60.8 Å². The first-order valence-corrected chi connectivity index (χ1v) is 34.6. The Bertz CT molecular complexity index is 1520. The van der Waals surface area contributed by atoms with E-state index < -0.39 is 20.0 Å². The van der Waals surface area contributed by atoms with Gasteiger partial charge in [-0.05, 0) is 96.0 Å². The highest BCUT2D eigenvalue weighted by Gasteiger charge is 2.30. The van der Waals surface area contributed by atoms with Crippen LogP contribution in [0.4, 0.5) is 0 Å². The zero-order chi connectivity index (χ0) is 57.2. The minimum atomic E-state index is -4.45. The van der Waals surface area contributed by atoms with Crippen molar-refractivity contribution in [2.45, 2.75) is 322 Å². The zero-order valence-corrected chi connectivity index (χ0v) is 53.1. The Balaban J connectivity index is 5.19. The first kappa shape index (κ1) is 75.7. The van der Waals surface area contributed by atoms with Crippen LogP contribution in [-0.2, 0) is 27.9 Å². The molecule has 0 aromatic heterocycles. The van der Waals surface area contributed by atoms with Crippen molar-refractivity contribution in [1.82, 2.24) is 5.32 Å². The number of nitrogens with zero attached hydrogens (tertiary/aromatic N) is 1. The molecular weight excluding hydrogens is 988 g/mol. The standard InChI is InChI=1S/C68H127N2O7P/c1-7-10-13-16-19-22-25-28-30-32-34-35-37-39-41-43-46-49-52-55-58-61-68(72)77-66(59-56-53-50-47-44-27-24-21-18-15-12-9-3)65(64-76-78(73,74)75-63-62-70(4,5)6)69-67(71)60-57-54-51-48-45-42-40-38-36-33-31-29-26-23-20-17-14-11-8-2/h19,22,28-31,34-35,56,59,65-66H,7-18,20-21,23-27,32-33,36-55,57-58,60-64H2,1-6H3,(H-,69,71,73,74)/p+1/b22-19-,30-28-,31-29+,35-34-,59-56+. The van der Waals surface area contributed by atoms with Crippen LogP contribution in [0.2, 0.25) is 0 Å². The Morgan fingerprint density at radius 1 is 0.449 bits per heavy atom. The summed E-state index contributed by atoms with van der Waals surface area (Å²) in [5.74, 6) is -0.508. The van der Waals surface area contributed by atoms with E-state index in [1.807, 2.05) is 33.3 Å². The fraction of sp³-hybridized carbons (Fsp3) is 0.824. The second-order valence-corrected chi connectivity index (χ2v) is 25.1. The second-order valence-electron chi connectivity index (χ2n) is 23.6. The molecule has 0 aromatic carbocycles. The van der Waals surface area contributed by atoms with Crippen molar-refractivity contribution in [1.29, 1.82) is 0 Å². The van der Waals surface area contributed by atoms with E-state index >= 15 is 0 Å². The number of phosphoric ester groups is 1. The number of unbranched alkanes of at least 4 members (excludes halogenated alkanes) is 36. The van der Waals surface area contributed by atoms with E-state index in [1.54, 1.807) is 0 Å². The molecule has 3 unspecified atom stereocenters. The van der Waals surface area contributed by atoms with Gasteiger partial charge in [-0.3, -0.25) is 18.6 Å². The summed E-state index contributed by atoms with van der Waals surface area (Å²) in [6.45, 7) is 7.00. The number of hydrogen-bond acceptors (Lipinski definition) is 6. The smallest absolute Gasteiger partial charge is 0.456 e. The van der Waals surface area contributed by atoms with E-state index in [0.717, 1.165) is 83.5 Å². The quantitative estimate of drug-likeness (QED) is 0.0205. The predicted octanol–water partition coefficient (Wildman–Crippen LogP) is 20.6. The number of allylic oxidation sites excluding steroid dienone is 9. The molecule has 2 N–H and O–H groups in total. The number of rotatable bonds is 60. The number of carbonyl (C=O) groups excluding carboxylic acids is 2. The van der Waals surface area contributed by atoms with Gasteiger partial charge in [0.05, 0.1) is 33.8 Å². The average Bonchev–Trinajstić information content (AvgIpc) is 3.40. The summed E-state index contributed by atoms with van der Waals surface area (Å²) in [4.78, 5) is 37.8. The van der Waals surface area contributed by atoms with Gasteiger partial charge in [-0.2, -0.15) is 0 Å². The van der Waals surface area contributed by atoms with E-state index in [1.165, 1.54) is 193 Å². The molecule has 0 bridgehead atoms. The number of carbonyl (C=O) groups is 2. The predicted molar refractivity (Wildman–Crippen MR) is 337 cm³/mol. The first-order chi connectivity index (χ1) is 37.9. The van der Waals surface area contributed by atoms with E-state index in [4.69, 9.17) is 13.8 Å². The van der Waals surface area contributed by atoms with Crippen LogP contribution in [0.25, 0.3) is 0 Å². The van der Waals surface area contributed by atoms with Gasteiger partial charge in [-0.15, -0.1) is 0 Å². The maximum atomic E-state index is 13.6. The highest BCUT2D eigenvalue weighted by Crippen LogP contribution is 2.43. The van der Waals surface area contributed by atoms with Crippen LogP contribution in [0.1, 0.15) is 310 Å². The minimum absolute atomic E-state index is 0.0380. The summed E-state index contributed by atoms with van der Waals surface area (Å²) in [6.07, 6.45) is 73.6. The molecule has 456 valence electrons. The largest absolute Gasteiger partial charge is 0.472 e. The van der Waals surface area contributed by atoms with Crippen LogP contribution >= 0.6 is 7.82 Å². The third-order valence-corrected chi connectivity index (χ3v) is 15.7. The molecule has 0 aliphatic carbocycles. The third-order valence-electron chi connectivity index (χ3n) is 14.7. The van der Waals surface area contributed by atoms with Gasteiger partial charge in [0.1, 0.15) is 19.3 Å². The summed E-state index contributed by atoms with van der Waals surface area (Å²) >= 11 is 0. The Kier molecular flexibility index (Phi) is 56.2. The van der Waals surface area contributed by atoms with E-state index in [-0.39, 0.29) is 31.5 Å². The molecule has 0 spiro atoms. The molecule has 0 saturated heterocycles. The fourth-order valence-electron chi connectivity index (χ4n) is 9.53. The first-order valence-electron chi connectivity index (χ1n) is 33.1. The van der Waals surface area contributed by atoms with Crippen molar-refractivity contribution in [2.24, 2.45) is 0 Å². The molecule has 10 heteroatoms. The lowest BCUT2D eigenvalue weighted by atomic mass is 10.0. The molecule has 0 fully saturated rings. The average molecular weight is 1120 g/mol. The summed E-state index contributed by atoms with van der Waals surface area (Å²) in [6, 6.07) is -0.853. The van der Waals surface area contributed by atoms with Crippen molar-refractivity contribution in [3.8, 4) is 0 Å². The van der Waals surface area contributed by atoms with Crippen molar-refractivity contribution >= 4 is 19.7 Å². The number of quaternary nitrogens is 1. The van der Waals surface area contributed by atoms with Crippen LogP contribution in [-0.4, -0.2) is 74.3 Å². The summed E-state index contributed by atoms with van der Waals surface area (Å²) in [7, 11) is 1.49. The van der Waals surface area contributed by atoms with E-state index in [9.17, 15) is 19.0 Å². The molecule has 0 rings (SSSR count). The molecule has 0 saturated carbocycles. The normalized spacial score (nSPS) is 14.0. The van der Waals surface area contributed by atoms with Crippen LogP contribution in [0, 0.1) is 0 Å².